The minimum atomic E-state index is -1.13. The van der Waals surface area contributed by atoms with Crippen LogP contribution >= 0.6 is 12.2 Å². The zero-order chi connectivity index (χ0) is 21.0. The van der Waals surface area contributed by atoms with Gasteiger partial charge in [-0.3, -0.25) is 19.8 Å². The van der Waals surface area contributed by atoms with Gasteiger partial charge in [-0.2, -0.15) is 0 Å². The molecule has 2 aromatic carbocycles. The molecule has 0 atom stereocenters. The highest BCUT2D eigenvalue weighted by molar-refractivity contribution is 7.80. The second-order valence-electron chi connectivity index (χ2n) is 5.89. The van der Waals surface area contributed by atoms with Crippen molar-refractivity contribution in [2.45, 2.75) is 0 Å². The number of nitrogens with zero attached hydrogens (tertiary/aromatic N) is 1. The molecule has 148 valence electrons. The zero-order valence-electron chi connectivity index (χ0n) is 15.2. The average Bonchev–Trinajstić information content (AvgIpc) is 2.70. The fourth-order valence-electron chi connectivity index (χ4n) is 2.67. The smallest absolute Gasteiger partial charge is 0.341 e. The van der Waals surface area contributed by atoms with Crippen molar-refractivity contribution in [3.63, 3.8) is 0 Å². The molecule has 2 amide bonds. The number of nitrogens with one attached hydrogen (secondary N) is 1. The average molecular weight is 412 g/mol. The number of amides is 2. The Kier molecular flexibility index (Phi) is 5.89. The van der Waals surface area contributed by atoms with Crippen molar-refractivity contribution in [2.75, 3.05) is 18.6 Å². The Labute approximate surface area is 171 Å². The van der Waals surface area contributed by atoms with Gasteiger partial charge in [-0.1, -0.05) is 24.3 Å². The predicted octanol–water partition coefficient (Wildman–Crippen LogP) is 1.99. The first-order valence-electron chi connectivity index (χ1n) is 8.40. The summed E-state index contributed by atoms with van der Waals surface area (Å²) in [5, 5.41) is 11.2. The summed E-state index contributed by atoms with van der Waals surface area (Å²) in [7, 11) is 1.40. The highest BCUT2D eigenvalue weighted by Crippen LogP contribution is 2.29. The molecule has 8 nitrogen and oxygen atoms in total. The molecule has 2 N–H and O–H groups in total. The maximum atomic E-state index is 12.9. The van der Waals surface area contributed by atoms with Gasteiger partial charge in [0, 0.05) is 0 Å². The van der Waals surface area contributed by atoms with Crippen molar-refractivity contribution in [1.82, 2.24) is 5.32 Å². The lowest BCUT2D eigenvalue weighted by Crippen LogP contribution is -2.54. The lowest BCUT2D eigenvalue weighted by Gasteiger charge is -2.28. The quantitative estimate of drug-likeness (QED) is 0.425. The first kappa shape index (κ1) is 20.0. The summed E-state index contributed by atoms with van der Waals surface area (Å²) < 4.78 is 10.4. The summed E-state index contributed by atoms with van der Waals surface area (Å²) in [5.41, 5.74) is 0.913. The van der Waals surface area contributed by atoms with E-state index in [0.717, 1.165) is 0 Å². The van der Waals surface area contributed by atoms with E-state index in [9.17, 15) is 14.4 Å². The van der Waals surface area contributed by atoms with E-state index in [1.54, 1.807) is 36.4 Å². The van der Waals surface area contributed by atoms with Crippen molar-refractivity contribution < 1.29 is 29.0 Å². The molecular formula is C20H16N2O6S. The third-order valence-electron chi connectivity index (χ3n) is 3.97. The molecule has 0 unspecified atom stereocenters. The van der Waals surface area contributed by atoms with Gasteiger partial charge in [0.05, 0.1) is 12.8 Å². The second-order valence-corrected chi connectivity index (χ2v) is 6.27. The van der Waals surface area contributed by atoms with E-state index in [1.165, 1.54) is 30.2 Å². The lowest BCUT2D eigenvalue weighted by atomic mass is 10.1. The van der Waals surface area contributed by atoms with Gasteiger partial charge in [-0.15, -0.1) is 0 Å². The van der Waals surface area contributed by atoms with Crippen LogP contribution in [0.5, 0.6) is 11.5 Å². The van der Waals surface area contributed by atoms with E-state index in [4.69, 9.17) is 26.8 Å². The van der Waals surface area contributed by atoms with Gasteiger partial charge in [-0.25, -0.2) is 4.79 Å². The molecule has 1 fully saturated rings. The highest BCUT2D eigenvalue weighted by Gasteiger charge is 2.34. The van der Waals surface area contributed by atoms with Crippen molar-refractivity contribution in [1.29, 1.82) is 0 Å². The van der Waals surface area contributed by atoms with Crippen LogP contribution < -0.4 is 19.7 Å². The van der Waals surface area contributed by atoms with E-state index < -0.39 is 24.4 Å². The molecule has 0 saturated carbocycles. The summed E-state index contributed by atoms with van der Waals surface area (Å²) >= 11 is 5.15. The van der Waals surface area contributed by atoms with Crippen LogP contribution in [0, 0.1) is 0 Å². The minimum absolute atomic E-state index is 0.00153. The predicted molar refractivity (Wildman–Crippen MR) is 109 cm³/mol. The molecule has 1 aliphatic heterocycles. The molecule has 9 heteroatoms. The maximum Gasteiger partial charge on any atom is 0.341 e. The van der Waals surface area contributed by atoms with E-state index in [0.29, 0.717) is 11.3 Å². The van der Waals surface area contributed by atoms with E-state index in [-0.39, 0.29) is 22.2 Å². The largest absolute Gasteiger partial charge is 0.493 e. The number of para-hydroxylation sites is 1. The van der Waals surface area contributed by atoms with Crippen molar-refractivity contribution in [3.05, 3.63) is 59.7 Å². The van der Waals surface area contributed by atoms with Crippen LogP contribution in [0.15, 0.2) is 54.1 Å². The SMILES string of the molecule is COc1cc(C=C2C(=O)NC(=S)N(c3ccccc3)C2=O)ccc1OCC(=O)O. The van der Waals surface area contributed by atoms with Gasteiger partial charge in [0.15, 0.2) is 23.2 Å². The molecule has 0 radical (unpaired) electrons. The monoisotopic (exact) mass is 412 g/mol. The van der Waals surface area contributed by atoms with Crippen LogP contribution in [0.4, 0.5) is 5.69 Å². The number of aliphatic carboxylic acids is 1. The number of anilines is 1. The number of carboxylic acid groups (broad SMARTS) is 1. The van der Waals surface area contributed by atoms with Crippen LogP contribution in [-0.2, 0) is 14.4 Å². The molecule has 1 aliphatic rings. The van der Waals surface area contributed by atoms with Gasteiger partial charge in [0.25, 0.3) is 11.8 Å². The lowest BCUT2D eigenvalue weighted by molar-refractivity contribution is -0.139. The molecule has 1 heterocycles. The Morgan fingerprint density at radius 2 is 1.90 bits per heavy atom. The Morgan fingerprint density at radius 3 is 2.55 bits per heavy atom. The van der Waals surface area contributed by atoms with E-state index in [1.807, 2.05) is 0 Å². The maximum absolute atomic E-state index is 12.9. The first-order valence-corrected chi connectivity index (χ1v) is 8.80. The number of carbonyl (C=O) groups is 3. The third kappa shape index (κ3) is 4.41. The summed E-state index contributed by atoms with van der Waals surface area (Å²) in [5.74, 6) is -1.81. The standard InChI is InChI=1S/C20H16N2O6S/c1-27-16-10-12(7-8-15(16)28-11-17(23)24)9-14-18(25)21-20(29)22(19(14)26)13-5-3-2-4-6-13/h2-10H,11H2,1H3,(H,23,24)(H,21,25,29). The number of hydrogen-bond acceptors (Lipinski definition) is 6. The number of hydrogen-bond donors (Lipinski definition) is 2. The number of ether oxygens (including phenoxy) is 2. The topological polar surface area (TPSA) is 105 Å². The second kappa shape index (κ2) is 8.53. The Balaban J connectivity index is 1.93. The molecule has 3 rings (SSSR count). The number of carbonyl (C=O) groups excluding carboxylic acids is 2. The normalized spacial score (nSPS) is 15.3. The first-order chi connectivity index (χ1) is 13.9. The molecule has 0 aromatic heterocycles. The molecule has 2 aromatic rings. The number of thiocarbonyl (C=S) groups is 1. The number of rotatable bonds is 6. The molecule has 0 bridgehead atoms. The van der Waals surface area contributed by atoms with Gasteiger partial charge in [-0.05, 0) is 48.1 Å². The van der Waals surface area contributed by atoms with Gasteiger partial charge >= 0.3 is 5.97 Å². The van der Waals surface area contributed by atoms with Crippen LogP contribution in [0.3, 0.4) is 0 Å². The van der Waals surface area contributed by atoms with Crippen molar-refractivity contribution >= 4 is 46.9 Å². The highest BCUT2D eigenvalue weighted by atomic mass is 32.1. The van der Waals surface area contributed by atoms with Crippen LogP contribution in [0.1, 0.15) is 5.56 Å². The zero-order valence-corrected chi connectivity index (χ0v) is 16.1. The number of methoxy groups -OCH3 is 1. The Bertz CT molecular complexity index is 1020. The minimum Gasteiger partial charge on any atom is -0.493 e. The van der Waals surface area contributed by atoms with E-state index >= 15 is 0 Å². The fourth-order valence-corrected chi connectivity index (χ4v) is 2.95. The van der Waals surface area contributed by atoms with Gasteiger partial charge in [0.2, 0.25) is 0 Å². The summed E-state index contributed by atoms with van der Waals surface area (Å²) in [6.45, 7) is -0.527. The summed E-state index contributed by atoms with van der Waals surface area (Å²) in [6, 6.07) is 13.3. The van der Waals surface area contributed by atoms with Crippen molar-refractivity contribution in [2.24, 2.45) is 0 Å². The Morgan fingerprint density at radius 1 is 1.17 bits per heavy atom. The molecule has 0 aliphatic carbocycles. The molecule has 1 saturated heterocycles. The van der Waals surface area contributed by atoms with Gasteiger partial charge in [0.1, 0.15) is 5.57 Å². The summed E-state index contributed by atoms with van der Waals surface area (Å²) in [6.07, 6.45) is 1.40. The molecule has 29 heavy (non-hydrogen) atoms. The molecule has 0 spiro atoms. The summed E-state index contributed by atoms with van der Waals surface area (Å²) in [4.78, 5) is 37.2. The van der Waals surface area contributed by atoms with Gasteiger partial charge < -0.3 is 14.6 Å². The fraction of sp³-hybridized carbons (Fsp3) is 0.100. The van der Waals surface area contributed by atoms with Crippen LogP contribution in [-0.4, -0.2) is 41.7 Å². The van der Waals surface area contributed by atoms with Crippen molar-refractivity contribution in [3.8, 4) is 11.5 Å². The molecular weight excluding hydrogens is 396 g/mol. The van der Waals surface area contributed by atoms with Crippen LogP contribution in [0.25, 0.3) is 6.08 Å². The Hall–Kier alpha value is -3.72. The number of benzene rings is 2. The third-order valence-corrected chi connectivity index (χ3v) is 4.25. The van der Waals surface area contributed by atoms with Crippen LogP contribution in [0.2, 0.25) is 0 Å². The number of carboxylic acids is 1. The van der Waals surface area contributed by atoms with E-state index in [2.05, 4.69) is 5.32 Å².